The van der Waals surface area contributed by atoms with Gasteiger partial charge in [-0.3, -0.25) is 9.78 Å². The zero-order chi connectivity index (χ0) is 10.4. The largest absolute Gasteiger partial charge is 0.466 e. The highest BCUT2D eigenvalue weighted by Gasteiger charge is 1.98. The van der Waals surface area contributed by atoms with E-state index < -0.39 is 5.97 Å². The van der Waals surface area contributed by atoms with Crippen molar-refractivity contribution < 1.29 is 14.3 Å². The summed E-state index contributed by atoms with van der Waals surface area (Å²) in [6.07, 6.45) is 4.89. The molecule has 0 aliphatic heterocycles. The van der Waals surface area contributed by atoms with E-state index in [1.54, 1.807) is 18.3 Å². The number of methoxy groups -OCH3 is 1. The average molecular weight is 191 g/mol. The SMILES string of the molecule is COC(=O)C=Cc1ncccc1C=O. The van der Waals surface area contributed by atoms with Crippen molar-refractivity contribution >= 4 is 18.3 Å². The van der Waals surface area contributed by atoms with Crippen molar-refractivity contribution in [1.29, 1.82) is 0 Å². The number of pyridine rings is 1. The lowest BCUT2D eigenvalue weighted by molar-refractivity contribution is -0.134. The molecule has 0 bridgehead atoms. The fraction of sp³-hybridized carbons (Fsp3) is 0.100. The minimum absolute atomic E-state index is 0.438. The van der Waals surface area contributed by atoms with Crippen LogP contribution in [0.5, 0.6) is 0 Å². The molecule has 0 saturated heterocycles. The van der Waals surface area contributed by atoms with Gasteiger partial charge in [0.15, 0.2) is 6.29 Å². The van der Waals surface area contributed by atoms with E-state index >= 15 is 0 Å². The molecule has 0 amide bonds. The Hall–Kier alpha value is -1.97. The molecule has 0 aliphatic rings. The highest BCUT2D eigenvalue weighted by Crippen LogP contribution is 2.04. The molecule has 0 radical (unpaired) electrons. The normalized spacial score (nSPS) is 10.1. The first-order valence-corrected chi connectivity index (χ1v) is 3.94. The van der Waals surface area contributed by atoms with Crippen LogP contribution >= 0.6 is 0 Å². The maximum absolute atomic E-state index is 10.8. The van der Waals surface area contributed by atoms with Crippen molar-refractivity contribution in [2.45, 2.75) is 0 Å². The second kappa shape index (κ2) is 4.91. The third kappa shape index (κ3) is 2.52. The fourth-order valence-corrected chi connectivity index (χ4v) is 0.884. The van der Waals surface area contributed by atoms with Crippen LogP contribution in [0.1, 0.15) is 16.1 Å². The molecule has 0 fully saturated rings. The van der Waals surface area contributed by atoms with Crippen LogP contribution in [0.4, 0.5) is 0 Å². The Labute approximate surface area is 81.2 Å². The first-order chi connectivity index (χ1) is 6.77. The van der Waals surface area contributed by atoms with Crippen LogP contribution in [-0.2, 0) is 9.53 Å². The molecule has 0 aliphatic carbocycles. The summed E-state index contributed by atoms with van der Waals surface area (Å²) in [6, 6.07) is 3.27. The number of hydrogen-bond donors (Lipinski definition) is 0. The zero-order valence-electron chi connectivity index (χ0n) is 7.64. The van der Waals surface area contributed by atoms with Crippen molar-refractivity contribution in [2.24, 2.45) is 0 Å². The lowest BCUT2D eigenvalue weighted by atomic mass is 10.2. The summed E-state index contributed by atoms with van der Waals surface area (Å²) >= 11 is 0. The molecule has 0 N–H and O–H groups in total. The van der Waals surface area contributed by atoms with Crippen LogP contribution in [0.2, 0.25) is 0 Å². The highest BCUT2D eigenvalue weighted by atomic mass is 16.5. The minimum Gasteiger partial charge on any atom is -0.466 e. The lowest BCUT2D eigenvalue weighted by Gasteiger charge is -1.95. The summed E-state index contributed by atoms with van der Waals surface area (Å²) in [5.41, 5.74) is 0.889. The molecular formula is C10H9NO3. The maximum Gasteiger partial charge on any atom is 0.330 e. The Morgan fingerprint density at radius 1 is 1.57 bits per heavy atom. The summed E-state index contributed by atoms with van der Waals surface area (Å²) < 4.78 is 4.40. The number of esters is 1. The number of ether oxygens (including phenoxy) is 1. The van der Waals surface area contributed by atoms with Gasteiger partial charge >= 0.3 is 5.97 Å². The summed E-state index contributed by atoms with van der Waals surface area (Å²) in [5, 5.41) is 0. The molecule has 1 rings (SSSR count). The second-order valence-electron chi connectivity index (χ2n) is 2.45. The number of hydrogen-bond acceptors (Lipinski definition) is 4. The lowest BCUT2D eigenvalue weighted by Crippen LogP contribution is -1.95. The van der Waals surface area contributed by atoms with E-state index in [1.165, 1.54) is 19.3 Å². The van der Waals surface area contributed by atoms with Crippen molar-refractivity contribution in [1.82, 2.24) is 4.98 Å². The third-order valence-electron chi connectivity index (χ3n) is 1.58. The molecule has 0 atom stereocenters. The molecule has 72 valence electrons. The standard InChI is InChI=1S/C10H9NO3/c1-14-10(13)5-4-9-8(7-12)3-2-6-11-9/h2-7H,1H3. The van der Waals surface area contributed by atoms with E-state index in [9.17, 15) is 9.59 Å². The van der Waals surface area contributed by atoms with Gasteiger partial charge in [-0.1, -0.05) is 0 Å². The van der Waals surface area contributed by atoms with Crippen LogP contribution in [-0.4, -0.2) is 24.3 Å². The predicted octanol–water partition coefficient (Wildman–Crippen LogP) is 1.08. The van der Waals surface area contributed by atoms with E-state index in [1.807, 2.05) is 0 Å². The van der Waals surface area contributed by atoms with Gasteiger partial charge in [0.1, 0.15) is 0 Å². The van der Waals surface area contributed by atoms with Gasteiger partial charge in [-0.25, -0.2) is 4.79 Å². The smallest absolute Gasteiger partial charge is 0.330 e. The second-order valence-corrected chi connectivity index (χ2v) is 2.45. The third-order valence-corrected chi connectivity index (χ3v) is 1.58. The van der Waals surface area contributed by atoms with Crippen LogP contribution in [0, 0.1) is 0 Å². The van der Waals surface area contributed by atoms with Gasteiger partial charge in [0, 0.05) is 17.8 Å². The number of carbonyl (C=O) groups excluding carboxylic acids is 2. The van der Waals surface area contributed by atoms with Crippen molar-refractivity contribution in [3.05, 3.63) is 35.7 Å². The number of aldehydes is 1. The molecule has 4 heteroatoms. The first kappa shape index (κ1) is 10.1. The molecule has 0 spiro atoms. The molecule has 0 aromatic carbocycles. The molecule has 1 aromatic rings. The molecular weight excluding hydrogens is 182 g/mol. The van der Waals surface area contributed by atoms with Crippen molar-refractivity contribution in [2.75, 3.05) is 7.11 Å². The molecule has 1 aromatic heterocycles. The molecule has 0 unspecified atom stereocenters. The van der Waals surface area contributed by atoms with Crippen molar-refractivity contribution in [3.8, 4) is 0 Å². The molecule has 14 heavy (non-hydrogen) atoms. The van der Waals surface area contributed by atoms with Gasteiger partial charge in [0.05, 0.1) is 12.8 Å². The van der Waals surface area contributed by atoms with Gasteiger partial charge in [-0.15, -0.1) is 0 Å². The van der Waals surface area contributed by atoms with Crippen LogP contribution in [0.25, 0.3) is 6.08 Å². The molecule has 1 heterocycles. The number of carbonyl (C=O) groups is 2. The van der Waals surface area contributed by atoms with Gasteiger partial charge < -0.3 is 4.74 Å². The highest BCUT2D eigenvalue weighted by molar-refractivity contribution is 5.89. The van der Waals surface area contributed by atoms with Crippen LogP contribution in [0.15, 0.2) is 24.4 Å². The van der Waals surface area contributed by atoms with E-state index in [4.69, 9.17) is 0 Å². The topological polar surface area (TPSA) is 56.3 Å². The number of nitrogens with zero attached hydrogens (tertiary/aromatic N) is 1. The Morgan fingerprint density at radius 3 is 3.00 bits per heavy atom. The molecule has 0 saturated carbocycles. The van der Waals surface area contributed by atoms with E-state index in [0.717, 1.165) is 0 Å². The van der Waals surface area contributed by atoms with Gasteiger partial charge in [0.25, 0.3) is 0 Å². The Balaban J connectivity index is 2.90. The van der Waals surface area contributed by atoms with E-state index in [2.05, 4.69) is 9.72 Å². The van der Waals surface area contributed by atoms with Crippen LogP contribution in [0.3, 0.4) is 0 Å². The predicted molar refractivity (Wildman–Crippen MR) is 50.7 cm³/mol. The fourth-order valence-electron chi connectivity index (χ4n) is 0.884. The average Bonchev–Trinajstić information content (AvgIpc) is 2.26. The minimum atomic E-state index is -0.479. The zero-order valence-corrected chi connectivity index (χ0v) is 7.64. The first-order valence-electron chi connectivity index (χ1n) is 3.94. The molecule has 4 nitrogen and oxygen atoms in total. The monoisotopic (exact) mass is 191 g/mol. The quantitative estimate of drug-likeness (QED) is 0.407. The number of aromatic nitrogens is 1. The Kier molecular flexibility index (Phi) is 3.55. The van der Waals surface area contributed by atoms with Gasteiger partial charge in [-0.05, 0) is 18.2 Å². The van der Waals surface area contributed by atoms with E-state index in [-0.39, 0.29) is 0 Å². The maximum atomic E-state index is 10.8. The summed E-state index contributed by atoms with van der Waals surface area (Å²) in [4.78, 5) is 25.2. The van der Waals surface area contributed by atoms with E-state index in [0.29, 0.717) is 17.5 Å². The number of rotatable bonds is 3. The summed E-state index contributed by atoms with van der Waals surface area (Å²) in [6.45, 7) is 0. The Morgan fingerprint density at radius 2 is 2.36 bits per heavy atom. The summed E-state index contributed by atoms with van der Waals surface area (Å²) in [5.74, 6) is -0.479. The van der Waals surface area contributed by atoms with Gasteiger partial charge in [-0.2, -0.15) is 0 Å². The van der Waals surface area contributed by atoms with Crippen molar-refractivity contribution in [3.63, 3.8) is 0 Å². The van der Waals surface area contributed by atoms with Gasteiger partial charge in [0.2, 0.25) is 0 Å². The summed E-state index contributed by atoms with van der Waals surface area (Å²) in [7, 11) is 1.28. The Bertz CT molecular complexity index is 371. The van der Waals surface area contributed by atoms with Crippen LogP contribution < -0.4 is 0 Å².